The molecule has 0 spiro atoms. The molecule has 0 saturated carbocycles. The van der Waals surface area contributed by atoms with Gasteiger partial charge in [-0.25, -0.2) is 4.98 Å². The van der Waals surface area contributed by atoms with Gasteiger partial charge < -0.3 is 4.98 Å². The Hall–Kier alpha value is 0.326. The molecule has 1 aromatic heterocycles. The van der Waals surface area contributed by atoms with Crippen molar-refractivity contribution in [1.82, 2.24) is 9.97 Å². The van der Waals surface area contributed by atoms with Crippen molar-refractivity contribution < 1.29 is 0 Å². The standard InChI is InChI=1S/C7H6N2.K.H/c1-2-4-7-6(3-1)8-5-9-7;;/h1-5H,(H,8,9);;. The number of aromatic amines is 1. The van der Waals surface area contributed by atoms with Crippen molar-refractivity contribution >= 4 is 62.4 Å². The summed E-state index contributed by atoms with van der Waals surface area (Å²) >= 11 is 0. The van der Waals surface area contributed by atoms with Crippen molar-refractivity contribution in [3.63, 3.8) is 0 Å². The van der Waals surface area contributed by atoms with Gasteiger partial charge in [-0.15, -0.1) is 0 Å². The van der Waals surface area contributed by atoms with Gasteiger partial charge in [0.2, 0.25) is 0 Å². The number of hydrogen-bond donors (Lipinski definition) is 1. The number of imidazole rings is 1. The third-order valence-electron chi connectivity index (χ3n) is 1.33. The monoisotopic (exact) mass is 158 g/mol. The fourth-order valence-electron chi connectivity index (χ4n) is 0.880. The molecule has 0 unspecified atom stereocenters. The number of nitrogens with zero attached hydrogens (tertiary/aromatic N) is 1. The predicted molar refractivity (Wildman–Crippen MR) is 43.2 cm³/mol. The van der Waals surface area contributed by atoms with Crippen LogP contribution in [-0.4, -0.2) is 61.4 Å². The maximum atomic E-state index is 4.06. The number of aromatic nitrogens is 2. The number of rotatable bonds is 0. The third kappa shape index (κ3) is 1.49. The summed E-state index contributed by atoms with van der Waals surface area (Å²) in [5.41, 5.74) is 2.12. The Morgan fingerprint density at radius 3 is 2.80 bits per heavy atom. The molecule has 2 nitrogen and oxygen atoms in total. The van der Waals surface area contributed by atoms with Gasteiger partial charge in [-0.1, -0.05) is 12.1 Å². The van der Waals surface area contributed by atoms with Gasteiger partial charge in [-0.05, 0) is 12.1 Å². The van der Waals surface area contributed by atoms with Crippen molar-refractivity contribution in [3.8, 4) is 0 Å². The SMILES string of the molecule is [KH].c1ccc2[nH]cnc2c1. The van der Waals surface area contributed by atoms with Crippen LogP contribution in [0.4, 0.5) is 0 Å². The number of benzene rings is 1. The molecule has 0 fully saturated rings. The van der Waals surface area contributed by atoms with Crippen LogP contribution in [0.3, 0.4) is 0 Å². The minimum Gasteiger partial charge on any atom is -0.345 e. The molecular formula is C7H7KN2. The molecule has 0 radical (unpaired) electrons. The molecule has 0 aliphatic heterocycles. The van der Waals surface area contributed by atoms with Crippen LogP contribution >= 0.6 is 0 Å². The van der Waals surface area contributed by atoms with Crippen LogP contribution in [-0.2, 0) is 0 Å². The van der Waals surface area contributed by atoms with Crippen LogP contribution in [0.2, 0.25) is 0 Å². The van der Waals surface area contributed by atoms with E-state index in [4.69, 9.17) is 0 Å². The number of para-hydroxylation sites is 2. The smallest absolute Gasteiger partial charge is 0.0931 e. The molecule has 0 aliphatic rings. The van der Waals surface area contributed by atoms with Gasteiger partial charge in [0, 0.05) is 0 Å². The second-order valence-electron chi connectivity index (χ2n) is 1.92. The molecule has 1 N–H and O–H groups in total. The molecule has 2 aromatic rings. The van der Waals surface area contributed by atoms with Crippen LogP contribution in [0.25, 0.3) is 11.0 Å². The van der Waals surface area contributed by atoms with E-state index in [9.17, 15) is 0 Å². The zero-order chi connectivity index (χ0) is 6.10. The summed E-state index contributed by atoms with van der Waals surface area (Å²) in [6.45, 7) is 0. The van der Waals surface area contributed by atoms with Crippen molar-refractivity contribution in [3.05, 3.63) is 30.6 Å². The van der Waals surface area contributed by atoms with E-state index in [1.807, 2.05) is 24.3 Å². The molecule has 0 bridgehead atoms. The van der Waals surface area contributed by atoms with Crippen LogP contribution < -0.4 is 0 Å². The van der Waals surface area contributed by atoms with Gasteiger partial charge in [0.1, 0.15) is 0 Å². The van der Waals surface area contributed by atoms with Crippen LogP contribution in [0.15, 0.2) is 30.6 Å². The van der Waals surface area contributed by atoms with E-state index < -0.39 is 0 Å². The average Bonchev–Trinajstić information content (AvgIpc) is 2.33. The van der Waals surface area contributed by atoms with E-state index in [0.717, 1.165) is 11.0 Å². The summed E-state index contributed by atoms with van der Waals surface area (Å²) in [5, 5.41) is 0. The number of H-pyrrole nitrogens is 1. The molecule has 10 heavy (non-hydrogen) atoms. The van der Waals surface area contributed by atoms with E-state index in [2.05, 4.69) is 9.97 Å². The Bertz CT molecular complexity index is 286. The van der Waals surface area contributed by atoms with E-state index in [1.54, 1.807) is 6.33 Å². The first-order chi connectivity index (χ1) is 4.47. The second kappa shape index (κ2) is 3.64. The molecule has 0 saturated heterocycles. The molecule has 1 aromatic carbocycles. The number of fused-ring (bicyclic) bond motifs is 1. The topological polar surface area (TPSA) is 28.7 Å². The third-order valence-corrected chi connectivity index (χ3v) is 1.33. The van der Waals surface area contributed by atoms with Crippen molar-refractivity contribution in [2.24, 2.45) is 0 Å². The second-order valence-corrected chi connectivity index (χ2v) is 1.92. The van der Waals surface area contributed by atoms with E-state index in [-0.39, 0.29) is 51.4 Å². The van der Waals surface area contributed by atoms with Gasteiger partial charge in [-0.2, -0.15) is 0 Å². The Morgan fingerprint density at radius 1 is 1.20 bits per heavy atom. The average molecular weight is 158 g/mol. The largest absolute Gasteiger partial charge is 0.345 e. The molecule has 3 heteroatoms. The Balaban J connectivity index is 0.000000500. The quantitative estimate of drug-likeness (QED) is 0.567. The zero-order valence-corrected chi connectivity index (χ0v) is 4.83. The summed E-state index contributed by atoms with van der Waals surface area (Å²) in [6, 6.07) is 7.94. The Kier molecular flexibility index (Phi) is 3.07. The molecule has 2 rings (SSSR count). The first-order valence-corrected chi connectivity index (χ1v) is 2.85. The van der Waals surface area contributed by atoms with Crippen molar-refractivity contribution in [1.29, 1.82) is 0 Å². The van der Waals surface area contributed by atoms with Gasteiger partial charge in [0.15, 0.2) is 0 Å². The van der Waals surface area contributed by atoms with Gasteiger partial charge in [-0.3, -0.25) is 0 Å². The molecule has 0 atom stereocenters. The summed E-state index contributed by atoms with van der Waals surface area (Å²) in [4.78, 5) is 7.07. The molecular weight excluding hydrogens is 151 g/mol. The molecule has 0 amide bonds. The summed E-state index contributed by atoms with van der Waals surface area (Å²) in [5.74, 6) is 0. The molecule has 46 valence electrons. The van der Waals surface area contributed by atoms with Crippen molar-refractivity contribution in [2.45, 2.75) is 0 Å². The van der Waals surface area contributed by atoms with Crippen LogP contribution in [0.5, 0.6) is 0 Å². The normalized spacial score (nSPS) is 9.20. The minimum atomic E-state index is 0. The fraction of sp³-hybridized carbons (Fsp3) is 0. The van der Waals surface area contributed by atoms with Gasteiger partial charge in [0.25, 0.3) is 0 Å². The zero-order valence-electron chi connectivity index (χ0n) is 4.83. The number of hydrogen-bond acceptors (Lipinski definition) is 1. The summed E-state index contributed by atoms with van der Waals surface area (Å²) < 4.78 is 0. The summed E-state index contributed by atoms with van der Waals surface area (Å²) in [6.07, 6.45) is 1.70. The van der Waals surface area contributed by atoms with Crippen LogP contribution in [0.1, 0.15) is 0 Å². The maximum absolute atomic E-state index is 4.06. The maximum Gasteiger partial charge on any atom is 0.0931 e. The fourth-order valence-corrected chi connectivity index (χ4v) is 0.880. The first kappa shape index (κ1) is 8.42. The van der Waals surface area contributed by atoms with E-state index in [0.29, 0.717) is 0 Å². The minimum absolute atomic E-state index is 0. The van der Waals surface area contributed by atoms with Crippen LogP contribution in [0, 0.1) is 0 Å². The summed E-state index contributed by atoms with van der Waals surface area (Å²) in [7, 11) is 0. The van der Waals surface area contributed by atoms with Crippen molar-refractivity contribution in [2.75, 3.05) is 0 Å². The molecule has 1 heterocycles. The van der Waals surface area contributed by atoms with Gasteiger partial charge >= 0.3 is 51.4 Å². The number of nitrogens with one attached hydrogen (secondary N) is 1. The Morgan fingerprint density at radius 2 is 2.00 bits per heavy atom. The predicted octanol–water partition coefficient (Wildman–Crippen LogP) is 0.914. The van der Waals surface area contributed by atoms with Gasteiger partial charge in [0.05, 0.1) is 17.4 Å². The van der Waals surface area contributed by atoms with E-state index >= 15 is 0 Å². The van der Waals surface area contributed by atoms with E-state index in [1.165, 1.54) is 0 Å². The first-order valence-electron chi connectivity index (χ1n) is 2.85. The molecule has 0 aliphatic carbocycles. The Labute approximate surface area is 101 Å².